The number of non-ortho nitro benzene ring substituents is 1. The minimum absolute atomic E-state index is 0.111. The predicted molar refractivity (Wildman–Crippen MR) is 101 cm³/mol. The van der Waals surface area contributed by atoms with Gasteiger partial charge in [-0.2, -0.15) is 4.31 Å². The Balaban J connectivity index is 1.86. The molecule has 1 aliphatic heterocycles. The highest BCUT2D eigenvalue weighted by Crippen LogP contribution is 2.28. The van der Waals surface area contributed by atoms with Gasteiger partial charge in [-0.3, -0.25) is 14.9 Å². The number of carbonyl (C=O) groups excluding carboxylic acids is 1. The number of aromatic hydroxyl groups is 1. The number of benzene rings is 2. The number of nitrogens with one attached hydrogen (secondary N) is 1. The maximum Gasteiger partial charge on any atom is 0.269 e. The zero-order chi connectivity index (χ0) is 20.3. The maximum absolute atomic E-state index is 13.0. The number of hydrogen-bond donors (Lipinski definition) is 2. The maximum atomic E-state index is 13.0. The zero-order valence-electron chi connectivity index (χ0n) is 14.8. The number of hydrogen-bond acceptors (Lipinski definition) is 6. The summed E-state index contributed by atoms with van der Waals surface area (Å²) in [7, 11) is -4.01. The number of piperidine rings is 1. The summed E-state index contributed by atoms with van der Waals surface area (Å²) in [5.74, 6) is -0.650. The van der Waals surface area contributed by atoms with E-state index in [9.17, 15) is 28.4 Å². The quantitative estimate of drug-likeness (QED) is 0.446. The van der Waals surface area contributed by atoms with Gasteiger partial charge >= 0.3 is 0 Å². The first kappa shape index (κ1) is 19.8. The molecule has 2 aromatic rings. The van der Waals surface area contributed by atoms with E-state index in [-0.39, 0.29) is 28.6 Å². The van der Waals surface area contributed by atoms with Gasteiger partial charge in [0.15, 0.2) is 0 Å². The van der Waals surface area contributed by atoms with Crippen molar-refractivity contribution in [3.8, 4) is 5.75 Å². The Bertz CT molecular complexity index is 991. The van der Waals surface area contributed by atoms with E-state index in [2.05, 4.69) is 5.32 Å². The number of anilines is 1. The molecule has 28 heavy (non-hydrogen) atoms. The monoisotopic (exact) mass is 405 g/mol. The fraction of sp³-hybridized carbons (Fsp3) is 0.278. The van der Waals surface area contributed by atoms with Crippen LogP contribution in [0, 0.1) is 10.1 Å². The van der Waals surface area contributed by atoms with Crippen molar-refractivity contribution in [2.45, 2.75) is 30.2 Å². The minimum Gasteiger partial charge on any atom is -0.506 e. The highest BCUT2D eigenvalue weighted by Gasteiger charge is 2.38. The fourth-order valence-corrected chi connectivity index (χ4v) is 4.78. The number of nitro benzene ring substituents is 1. The summed E-state index contributed by atoms with van der Waals surface area (Å²) in [6.07, 6.45) is 1.63. The molecule has 1 atom stereocenters. The molecule has 0 bridgehead atoms. The molecule has 3 rings (SSSR count). The summed E-state index contributed by atoms with van der Waals surface area (Å²) < 4.78 is 27.2. The van der Waals surface area contributed by atoms with Gasteiger partial charge in [-0.25, -0.2) is 8.42 Å². The lowest BCUT2D eigenvalue weighted by molar-refractivity contribution is -0.384. The first-order chi connectivity index (χ1) is 13.3. The number of para-hydroxylation sites is 2. The van der Waals surface area contributed by atoms with Crippen molar-refractivity contribution < 1.29 is 23.2 Å². The highest BCUT2D eigenvalue weighted by molar-refractivity contribution is 7.89. The number of sulfonamides is 1. The Kier molecular flexibility index (Phi) is 5.61. The first-order valence-corrected chi connectivity index (χ1v) is 10.1. The summed E-state index contributed by atoms with van der Waals surface area (Å²) in [5, 5.41) is 23.2. The predicted octanol–water partition coefficient (Wildman–Crippen LogP) is 2.48. The molecule has 9 nitrogen and oxygen atoms in total. The Morgan fingerprint density at radius 3 is 2.46 bits per heavy atom. The third kappa shape index (κ3) is 3.97. The topological polar surface area (TPSA) is 130 Å². The second-order valence-corrected chi connectivity index (χ2v) is 8.28. The van der Waals surface area contributed by atoms with Gasteiger partial charge in [0, 0.05) is 18.7 Å². The Morgan fingerprint density at radius 1 is 1.14 bits per heavy atom. The molecule has 0 spiro atoms. The normalized spacial score (nSPS) is 17.8. The van der Waals surface area contributed by atoms with Gasteiger partial charge in [0.25, 0.3) is 5.69 Å². The molecule has 0 aliphatic carbocycles. The van der Waals surface area contributed by atoms with Crippen molar-refractivity contribution in [1.82, 2.24) is 4.31 Å². The van der Waals surface area contributed by atoms with Crippen LogP contribution >= 0.6 is 0 Å². The Morgan fingerprint density at radius 2 is 1.82 bits per heavy atom. The van der Waals surface area contributed by atoms with Gasteiger partial charge in [0.1, 0.15) is 11.8 Å². The van der Waals surface area contributed by atoms with E-state index in [1.807, 2.05) is 0 Å². The average molecular weight is 405 g/mol. The SMILES string of the molecule is O=C(Nc1ccccc1O)[C@H]1CCCCN1S(=O)(=O)c1ccc([N+](=O)[O-])cc1. The summed E-state index contributed by atoms with van der Waals surface area (Å²) in [4.78, 5) is 22.8. The number of phenols is 1. The summed E-state index contributed by atoms with van der Waals surface area (Å²) in [6, 6.07) is 9.82. The number of nitro groups is 1. The third-order valence-corrected chi connectivity index (χ3v) is 6.49. The summed E-state index contributed by atoms with van der Waals surface area (Å²) in [5.41, 5.74) is -0.0165. The van der Waals surface area contributed by atoms with Crippen LogP contribution in [0.2, 0.25) is 0 Å². The van der Waals surface area contributed by atoms with Crippen LogP contribution in [-0.2, 0) is 14.8 Å². The van der Waals surface area contributed by atoms with Gasteiger partial charge in [-0.15, -0.1) is 0 Å². The lowest BCUT2D eigenvalue weighted by Crippen LogP contribution is -2.49. The second-order valence-electron chi connectivity index (χ2n) is 6.38. The molecule has 1 heterocycles. The van der Waals surface area contributed by atoms with Gasteiger partial charge < -0.3 is 10.4 Å². The van der Waals surface area contributed by atoms with Crippen LogP contribution in [0.25, 0.3) is 0 Å². The standard InChI is InChI=1S/C18H19N3O6S/c22-17-7-2-1-5-15(17)19-18(23)16-6-3-4-12-20(16)28(26,27)14-10-8-13(9-11-14)21(24)25/h1-2,5,7-11,16,22H,3-4,6,12H2,(H,19,23)/t16-/m1/s1. The van der Waals surface area contributed by atoms with E-state index in [0.717, 1.165) is 16.4 Å². The largest absolute Gasteiger partial charge is 0.506 e. The molecule has 1 saturated heterocycles. The molecule has 2 N–H and O–H groups in total. The van der Waals surface area contributed by atoms with Crippen LogP contribution in [0.3, 0.4) is 0 Å². The summed E-state index contributed by atoms with van der Waals surface area (Å²) in [6.45, 7) is 0.165. The number of carbonyl (C=O) groups is 1. The summed E-state index contributed by atoms with van der Waals surface area (Å²) >= 11 is 0. The molecular formula is C18H19N3O6S. The van der Waals surface area contributed by atoms with Crippen LogP contribution in [-0.4, -0.2) is 41.2 Å². The van der Waals surface area contributed by atoms with E-state index < -0.39 is 26.9 Å². The van der Waals surface area contributed by atoms with Gasteiger partial charge in [0.05, 0.1) is 15.5 Å². The second kappa shape index (κ2) is 7.95. The molecule has 0 unspecified atom stereocenters. The minimum atomic E-state index is -4.01. The van der Waals surface area contributed by atoms with Crippen molar-refractivity contribution in [2.75, 3.05) is 11.9 Å². The molecule has 0 aromatic heterocycles. The lowest BCUT2D eigenvalue weighted by atomic mass is 10.0. The van der Waals surface area contributed by atoms with Crippen LogP contribution in [0.15, 0.2) is 53.4 Å². The molecule has 10 heteroatoms. The molecule has 1 fully saturated rings. The molecule has 1 aliphatic rings. The zero-order valence-corrected chi connectivity index (χ0v) is 15.6. The van der Waals surface area contributed by atoms with Crippen molar-refractivity contribution in [3.05, 3.63) is 58.6 Å². The van der Waals surface area contributed by atoms with Crippen molar-refractivity contribution >= 4 is 27.3 Å². The van der Waals surface area contributed by atoms with E-state index in [4.69, 9.17) is 0 Å². The molecular weight excluding hydrogens is 386 g/mol. The Labute approximate surface area is 161 Å². The fourth-order valence-electron chi connectivity index (χ4n) is 3.13. The Hall–Kier alpha value is -2.98. The molecule has 1 amide bonds. The smallest absolute Gasteiger partial charge is 0.269 e. The van der Waals surface area contributed by atoms with Crippen molar-refractivity contribution in [2.24, 2.45) is 0 Å². The average Bonchev–Trinajstić information content (AvgIpc) is 2.69. The van der Waals surface area contributed by atoms with Crippen LogP contribution in [0.5, 0.6) is 5.75 Å². The molecule has 148 valence electrons. The van der Waals surface area contributed by atoms with Gasteiger partial charge in [0.2, 0.25) is 15.9 Å². The van der Waals surface area contributed by atoms with E-state index >= 15 is 0 Å². The number of nitrogens with zero attached hydrogens (tertiary/aromatic N) is 2. The number of phenolic OH excluding ortho intramolecular Hbond substituents is 1. The molecule has 2 aromatic carbocycles. The first-order valence-electron chi connectivity index (χ1n) is 8.66. The van der Waals surface area contributed by atoms with Crippen molar-refractivity contribution in [1.29, 1.82) is 0 Å². The highest BCUT2D eigenvalue weighted by atomic mass is 32.2. The van der Waals surface area contributed by atoms with Crippen LogP contribution in [0.1, 0.15) is 19.3 Å². The van der Waals surface area contributed by atoms with Crippen molar-refractivity contribution in [3.63, 3.8) is 0 Å². The number of amides is 1. The van der Waals surface area contributed by atoms with E-state index in [0.29, 0.717) is 19.3 Å². The van der Waals surface area contributed by atoms with Gasteiger partial charge in [-0.1, -0.05) is 18.6 Å². The van der Waals surface area contributed by atoms with Crippen LogP contribution < -0.4 is 5.32 Å². The number of rotatable bonds is 5. The van der Waals surface area contributed by atoms with E-state index in [1.54, 1.807) is 12.1 Å². The van der Waals surface area contributed by atoms with Crippen LogP contribution in [0.4, 0.5) is 11.4 Å². The van der Waals surface area contributed by atoms with Gasteiger partial charge in [-0.05, 0) is 37.1 Å². The molecule has 0 radical (unpaired) electrons. The van der Waals surface area contributed by atoms with E-state index in [1.165, 1.54) is 24.3 Å². The lowest BCUT2D eigenvalue weighted by Gasteiger charge is -2.33. The molecule has 0 saturated carbocycles. The third-order valence-electron chi connectivity index (χ3n) is 4.57.